The molecule has 0 atom stereocenters. The lowest BCUT2D eigenvalue weighted by molar-refractivity contribution is 0.0679. The largest absolute Gasteiger partial charge is 0.467 e. The summed E-state index contributed by atoms with van der Waals surface area (Å²) in [5.74, 6) is -0.583. The maximum Gasteiger partial charge on any atom is 0.290 e. The van der Waals surface area contributed by atoms with E-state index < -0.39 is 21.6 Å². The van der Waals surface area contributed by atoms with E-state index >= 15 is 0 Å². The molecule has 2 aromatic heterocycles. The maximum absolute atomic E-state index is 13.6. The number of rotatable bonds is 7. The molecule has 0 aliphatic heterocycles. The van der Waals surface area contributed by atoms with Crippen LogP contribution >= 0.6 is 0 Å². The van der Waals surface area contributed by atoms with Gasteiger partial charge in [-0.2, -0.15) is 0 Å². The van der Waals surface area contributed by atoms with Crippen LogP contribution in [0.4, 0.5) is 4.39 Å². The van der Waals surface area contributed by atoms with E-state index in [9.17, 15) is 17.6 Å². The third kappa shape index (κ3) is 4.65. The monoisotopic (exact) mass is 453 g/mol. The van der Waals surface area contributed by atoms with Crippen molar-refractivity contribution in [2.75, 3.05) is 0 Å². The number of furan rings is 2. The summed E-state index contributed by atoms with van der Waals surface area (Å²) < 4.78 is 50.2. The molecule has 2 aromatic carbocycles. The Hall–Kier alpha value is -3.65. The van der Waals surface area contributed by atoms with Gasteiger partial charge in [0, 0.05) is 6.54 Å². The lowest BCUT2D eigenvalue weighted by atomic mass is 10.2. The summed E-state index contributed by atoms with van der Waals surface area (Å²) >= 11 is 0. The van der Waals surface area contributed by atoms with Crippen LogP contribution in [0.25, 0.3) is 0 Å². The predicted molar refractivity (Wildman–Crippen MR) is 114 cm³/mol. The lowest BCUT2D eigenvalue weighted by Gasteiger charge is -2.20. The smallest absolute Gasteiger partial charge is 0.290 e. The third-order valence-electron chi connectivity index (χ3n) is 4.86. The van der Waals surface area contributed by atoms with Crippen molar-refractivity contribution in [3.63, 3.8) is 0 Å². The first kappa shape index (κ1) is 21.6. The number of carbonyl (C=O) groups excluding carboxylic acids is 1. The molecule has 0 bridgehead atoms. The molecule has 32 heavy (non-hydrogen) atoms. The van der Waals surface area contributed by atoms with Gasteiger partial charge in [-0.3, -0.25) is 4.79 Å². The van der Waals surface area contributed by atoms with Crippen LogP contribution < -0.4 is 0 Å². The second-order valence-electron chi connectivity index (χ2n) is 7.31. The third-order valence-corrected chi connectivity index (χ3v) is 6.51. The zero-order valence-electron chi connectivity index (χ0n) is 17.2. The average Bonchev–Trinajstić information content (AvgIpc) is 3.46. The number of hydrogen-bond donors (Lipinski definition) is 0. The van der Waals surface area contributed by atoms with Gasteiger partial charge in [-0.15, -0.1) is 0 Å². The van der Waals surface area contributed by atoms with Gasteiger partial charge in [-0.05, 0) is 61.0 Å². The van der Waals surface area contributed by atoms with Gasteiger partial charge >= 0.3 is 0 Å². The quantitative estimate of drug-likeness (QED) is 0.394. The molecular weight excluding hydrogens is 433 g/mol. The van der Waals surface area contributed by atoms with Crippen molar-refractivity contribution in [2.45, 2.75) is 30.0 Å². The van der Waals surface area contributed by atoms with Gasteiger partial charge in [-0.1, -0.05) is 29.8 Å². The maximum atomic E-state index is 13.6. The van der Waals surface area contributed by atoms with E-state index in [-0.39, 0.29) is 28.8 Å². The van der Waals surface area contributed by atoms with E-state index in [0.29, 0.717) is 11.3 Å². The van der Waals surface area contributed by atoms with E-state index in [1.807, 2.05) is 6.92 Å². The average molecular weight is 453 g/mol. The molecular formula is C24H20FNO5S. The van der Waals surface area contributed by atoms with Gasteiger partial charge in [-0.25, -0.2) is 12.8 Å². The Bertz CT molecular complexity index is 1320. The highest BCUT2D eigenvalue weighted by molar-refractivity contribution is 7.91. The summed E-state index contributed by atoms with van der Waals surface area (Å²) in [5, 5.41) is -0.326. The molecule has 0 saturated carbocycles. The number of carbonyl (C=O) groups is 1. The molecule has 1 amide bonds. The molecule has 164 valence electrons. The Morgan fingerprint density at radius 1 is 0.969 bits per heavy atom. The van der Waals surface area contributed by atoms with Gasteiger partial charge in [0.15, 0.2) is 5.76 Å². The highest BCUT2D eigenvalue weighted by Crippen LogP contribution is 2.25. The number of nitrogens with zero attached hydrogens (tertiary/aromatic N) is 1. The Balaban J connectivity index is 1.62. The van der Waals surface area contributed by atoms with E-state index in [4.69, 9.17) is 8.83 Å². The van der Waals surface area contributed by atoms with E-state index in [2.05, 4.69) is 0 Å². The second-order valence-corrected chi connectivity index (χ2v) is 9.19. The molecule has 0 spiro atoms. The fourth-order valence-electron chi connectivity index (χ4n) is 3.21. The van der Waals surface area contributed by atoms with Crippen LogP contribution in [-0.4, -0.2) is 19.2 Å². The molecule has 0 N–H and O–H groups in total. The van der Waals surface area contributed by atoms with Crippen LogP contribution in [0.3, 0.4) is 0 Å². The zero-order valence-corrected chi connectivity index (χ0v) is 18.0. The Morgan fingerprint density at radius 3 is 2.44 bits per heavy atom. The Kier molecular flexibility index (Phi) is 5.96. The lowest BCUT2D eigenvalue weighted by Crippen LogP contribution is -2.29. The molecule has 0 unspecified atom stereocenters. The first-order valence-electron chi connectivity index (χ1n) is 9.80. The minimum absolute atomic E-state index is 0.0728. The predicted octanol–water partition coefficient (Wildman–Crippen LogP) is 5.00. The number of amides is 1. The topological polar surface area (TPSA) is 80.7 Å². The molecule has 0 radical (unpaired) electrons. The highest BCUT2D eigenvalue weighted by Gasteiger charge is 2.26. The SMILES string of the molecule is Cc1ccc(S(=O)(=O)c2ccc(C(=O)N(Cc3cccc(F)c3)Cc3ccco3)o2)cc1. The summed E-state index contributed by atoms with van der Waals surface area (Å²) in [5.41, 5.74) is 1.49. The normalized spacial score (nSPS) is 11.4. The van der Waals surface area contributed by atoms with Crippen molar-refractivity contribution >= 4 is 15.7 Å². The minimum atomic E-state index is -3.91. The highest BCUT2D eigenvalue weighted by atomic mass is 32.2. The van der Waals surface area contributed by atoms with E-state index in [1.165, 1.54) is 47.6 Å². The second kappa shape index (κ2) is 8.84. The standard InChI is InChI=1S/C24H20FNO5S/c1-17-7-9-21(10-8-17)32(28,29)23-12-11-22(31-23)24(27)26(16-20-6-3-13-30-20)15-18-4-2-5-19(25)14-18/h2-14H,15-16H2,1H3. The van der Waals surface area contributed by atoms with Gasteiger partial charge in [0.05, 0.1) is 17.7 Å². The van der Waals surface area contributed by atoms with Gasteiger partial charge in [0.2, 0.25) is 14.9 Å². The van der Waals surface area contributed by atoms with Crippen molar-refractivity contribution in [3.05, 3.63) is 108 Å². The van der Waals surface area contributed by atoms with Gasteiger partial charge in [0.1, 0.15) is 11.6 Å². The fraction of sp³-hybridized carbons (Fsp3) is 0.125. The van der Waals surface area contributed by atoms with E-state index in [0.717, 1.165) is 5.56 Å². The van der Waals surface area contributed by atoms with Gasteiger partial charge < -0.3 is 13.7 Å². The summed E-state index contributed by atoms with van der Waals surface area (Å²) in [4.78, 5) is 14.7. The van der Waals surface area contributed by atoms with E-state index in [1.54, 1.807) is 36.4 Å². The Labute approximate surface area is 184 Å². The molecule has 0 aliphatic carbocycles. The molecule has 4 rings (SSSR count). The summed E-state index contributed by atoms with van der Waals surface area (Å²) in [6.07, 6.45) is 1.49. The molecule has 0 aliphatic rings. The Morgan fingerprint density at radius 2 is 1.75 bits per heavy atom. The van der Waals surface area contributed by atoms with Crippen molar-refractivity contribution < 1.29 is 26.4 Å². The van der Waals surface area contributed by atoms with Crippen LogP contribution in [0.15, 0.2) is 97.9 Å². The number of sulfone groups is 1. The minimum Gasteiger partial charge on any atom is -0.467 e. The first-order chi connectivity index (χ1) is 15.3. The van der Waals surface area contributed by atoms with Crippen molar-refractivity contribution in [1.29, 1.82) is 0 Å². The number of hydrogen-bond acceptors (Lipinski definition) is 5. The molecule has 6 nitrogen and oxygen atoms in total. The van der Waals surface area contributed by atoms with Gasteiger partial charge in [0.25, 0.3) is 5.91 Å². The fourth-order valence-corrected chi connectivity index (χ4v) is 4.39. The zero-order chi connectivity index (χ0) is 22.7. The number of aryl methyl sites for hydroxylation is 1. The van der Waals surface area contributed by atoms with Crippen LogP contribution in [-0.2, 0) is 22.9 Å². The number of benzene rings is 2. The van der Waals surface area contributed by atoms with Crippen molar-refractivity contribution in [1.82, 2.24) is 4.90 Å². The summed E-state index contributed by atoms with van der Waals surface area (Å²) in [7, 11) is -3.91. The van der Waals surface area contributed by atoms with Crippen molar-refractivity contribution in [3.8, 4) is 0 Å². The molecule has 0 fully saturated rings. The summed E-state index contributed by atoms with van der Waals surface area (Å²) in [6.45, 7) is 2.04. The number of halogens is 1. The van der Waals surface area contributed by atoms with Crippen LogP contribution in [0.1, 0.15) is 27.4 Å². The molecule has 8 heteroatoms. The first-order valence-corrected chi connectivity index (χ1v) is 11.3. The van der Waals surface area contributed by atoms with Crippen LogP contribution in [0.2, 0.25) is 0 Å². The molecule has 4 aromatic rings. The van der Waals surface area contributed by atoms with Crippen LogP contribution in [0, 0.1) is 12.7 Å². The van der Waals surface area contributed by atoms with Crippen LogP contribution in [0.5, 0.6) is 0 Å². The van der Waals surface area contributed by atoms with Crippen molar-refractivity contribution in [2.24, 2.45) is 0 Å². The summed E-state index contributed by atoms with van der Waals surface area (Å²) in [6, 6.07) is 18.2. The molecule has 0 saturated heterocycles. The molecule has 2 heterocycles.